The first kappa shape index (κ1) is 14.1. The molecule has 2 atom stereocenters. The topological polar surface area (TPSA) is 29.3 Å². The van der Waals surface area contributed by atoms with Crippen LogP contribution in [-0.2, 0) is 6.42 Å². The van der Waals surface area contributed by atoms with Crippen LogP contribution in [0.3, 0.4) is 0 Å². The molecular formula is C18H21FN2. The van der Waals surface area contributed by atoms with Crippen molar-refractivity contribution in [1.82, 2.24) is 0 Å². The predicted octanol–water partition coefficient (Wildman–Crippen LogP) is 4.24. The lowest BCUT2D eigenvalue weighted by atomic mass is 10.0. The molecule has 0 aliphatic carbocycles. The van der Waals surface area contributed by atoms with Gasteiger partial charge in [0.25, 0.3) is 0 Å². The molecule has 1 unspecified atom stereocenters. The van der Waals surface area contributed by atoms with Crippen LogP contribution in [-0.4, -0.2) is 6.04 Å². The highest BCUT2D eigenvalue weighted by atomic mass is 19.1. The van der Waals surface area contributed by atoms with Crippen LogP contribution in [0.4, 0.5) is 15.8 Å². The molecule has 3 rings (SSSR count). The Kier molecular flexibility index (Phi) is 3.46. The Morgan fingerprint density at radius 3 is 2.67 bits per heavy atom. The van der Waals surface area contributed by atoms with Crippen molar-refractivity contribution in [3.05, 3.63) is 58.9 Å². The summed E-state index contributed by atoms with van der Waals surface area (Å²) in [5, 5.41) is 0. The molecule has 0 bridgehead atoms. The molecule has 21 heavy (non-hydrogen) atoms. The fraction of sp³-hybridized carbons (Fsp3) is 0.333. The number of nitrogens with zero attached hydrogens (tertiary/aromatic N) is 1. The van der Waals surface area contributed by atoms with Gasteiger partial charge in [0.1, 0.15) is 5.82 Å². The summed E-state index contributed by atoms with van der Waals surface area (Å²) < 4.78 is 13.9. The van der Waals surface area contributed by atoms with Gasteiger partial charge in [0.15, 0.2) is 0 Å². The van der Waals surface area contributed by atoms with Crippen LogP contribution < -0.4 is 10.6 Å². The molecule has 0 spiro atoms. The molecule has 3 heteroatoms. The summed E-state index contributed by atoms with van der Waals surface area (Å²) in [6.07, 6.45) is 1.00. The van der Waals surface area contributed by atoms with Crippen molar-refractivity contribution >= 4 is 11.4 Å². The second-order valence-corrected chi connectivity index (χ2v) is 6.00. The Morgan fingerprint density at radius 1 is 1.24 bits per heavy atom. The molecule has 0 aromatic heterocycles. The molecule has 110 valence electrons. The minimum atomic E-state index is -0.199. The molecule has 0 fully saturated rings. The zero-order valence-electron chi connectivity index (χ0n) is 12.7. The third-order valence-corrected chi connectivity index (χ3v) is 4.27. The molecule has 2 aromatic rings. The second-order valence-electron chi connectivity index (χ2n) is 6.00. The lowest BCUT2D eigenvalue weighted by Crippen LogP contribution is -2.26. The van der Waals surface area contributed by atoms with Crippen molar-refractivity contribution in [1.29, 1.82) is 0 Å². The van der Waals surface area contributed by atoms with Gasteiger partial charge in [-0.05, 0) is 62.1 Å². The number of fused-ring (bicyclic) bond motifs is 1. The summed E-state index contributed by atoms with van der Waals surface area (Å²) in [5.41, 5.74) is 11.2. The summed E-state index contributed by atoms with van der Waals surface area (Å²) in [6, 6.07) is 12.1. The fourth-order valence-corrected chi connectivity index (χ4v) is 3.19. The third-order valence-electron chi connectivity index (χ3n) is 4.27. The Balaban J connectivity index is 2.18. The maximum Gasteiger partial charge on any atom is 0.126 e. The fourth-order valence-electron chi connectivity index (χ4n) is 3.19. The Bertz CT molecular complexity index is 679. The van der Waals surface area contributed by atoms with Gasteiger partial charge in [0.05, 0.1) is 0 Å². The van der Waals surface area contributed by atoms with Gasteiger partial charge in [-0.3, -0.25) is 0 Å². The van der Waals surface area contributed by atoms with E-state index in [1.807, 2.05) is 19.1 Å². The normalized spacial score (nSPS) is 18.7. The highest BCUT2D eigenvalue weighted by Crippen LogP contribution is 2.41. The summed E-state index contributed by atoms with van der Waals surface area (Å²) >= 11 is 0. The molecular weight excluding hydrogens is 263 g/mol. The molecule has 1 heterocycles. The van der Waals surface area contributed by atoms with Crippen molar-refractivity contribution in [2.24, 2.45) is 5.73 Å². The SMILES string of the molecule is Cc1cc(N2c3ccccc3CC2C)c([C@H](C)N)cc1F. The first-order chi connectivity index (χ1) is 9.99. The number of para-hydroxylation sites is 1. The number of halogens is 1. The van der Waals surface area contributed by atoms with Crippen LogP contribution in [0.2, 0.25) is 0 Å². The standard InChI is InChI=1S/C18H21FN2/c1-11-8-18(15(13(3)20)10-16(11)19)21-12(2)9-14-6-4-5-7-17(14)21/h4-8,10,12-13H,9,20H2,1-3H3/t12?,13-/m0/s1. The van der Waals surface area contributed by atoms with Gasteiger partial charge in [0, 0.05) is 23.5 Å². The number of rotatable bonds is 2. The van der Waals surface area contributed by atoms with E-state index in [0.29, 0.717) is 11.6 Å². The number of benzene rings is 2. The Labute approximate surface area is 125 Å². The Hall–Kier alpha value is -1.87. The molecule has 2 nitrogen and oxygen atoms in total. The third kappa shape index (κ3) is 2.32. The molecule has 0 saturated carbocycles. The zero-order valence-corrected chi connectivity index (χ0v) is 12.7. The Morgan fingerprint density at radius 2 is 1.95 bits per heavy atom. The van der Waals surface area contributed by atoms with Crippen LogP contribution in [0.5, 0.6) is 0 Å². The van der Waals surface area contributed by atoms with Gasteiger partial charge in [-0.15, -0.1) is 0 Å². The zero-order chi connectivity index (χ0) is 15.1. The van der Waals surface area contributed by atoms with E-state index in [-0.39, 0.29) is 11.9 Å². The minimum Gasteiger partial charge on any atom is -0.338 e. The molecule has 0 amide bonds. The first-order valence-electron chi connectivity index (χ1n) is 7.41. The molecule has 1 aliphatic heterocycles. The molecule has 0 saturated heterocycles. The smallest absolute Gasteiger partial charge is 0.126 e. The molecule has 1 aliphatic rings. The number of nitrogens with two attached hydrogens (primary N) is 1. The molecule has 2 N–H and O–H groups in total. The summed E-state index contributed by atoms with van der Waals surface area (Å²) in [6.45, 7) is 5.90. The maximum atomic E-state index is 13.9. The van der Waals surface area contributed by atoms with E-state index in [1.165, 1.54) is 11.3 Å². The monoisotopic (exact) mass is 284 g/mol. The van der Waals surface area contributed by atoms with Crippen molar-refractivity contribution in [3.8, 4) is 0 Å². The largest absolute Gasteiger partial charge is 0.338 e. The van der Waals surface area contributed by atoms with Gasteiger partial charge in [0.2, 0.25) is 0 Å². The minimum absolute atomic E-state index is 0.189. The predicted molar refractivity (Wildman–Crippen MR) is 85.5 cm³/mol. The van der Waals surface area contributed by atoms with Crippen LogP contribution in [0.25, 0.3) is 0 Å². The van der Waals surface area contributed by atoms with Gasteiger partial charge in [-0.2, -0.15) is 0 Å². The average Bonchev–Trinajstić information content (AvgIpc) is 2.77. The lowest BCUT2D eigenvalue weighted by molar-refractivity contribution is 0.612. The number of anilines is 2. The summed E-state index contributed by atoms with van der Waals surface area (Å²) in [5.74, 6) is -0.189. The van der Waals surface area contributed by atoms with E-state index in [1.54, 1.807) is 13.0 Å². The van der Waals surface area contributed by atoms with E-state index in [4.69, 9.17) is 5.73 Å². The number of hydrogen-bond acceptors (Lipinski definition) is 2. The van der Waals surface area contributed by atoms with E-state index in [9.17, 15) is 4.39 Å². The van der Waals surface area contributed by atoms with Crippen LogP contribution >= 0.6 is 0 Å². The van der Waals surface area contributed by atoms with Crippen LogP contribution in [0, 0.1) is 12.7 Å². The maximum absolute atomic E-state index is 13.9. The highest BCUT2D eigenvalue weighted by Gasteiger charge is 2.29. The van der Waals surface area contributed by atoms with Crippen molar-refractivity contribution < 1.29 is 4.39 Å². The summed E-state index contributed by atoms with van der Waals surface area (Å²) in [4.78, 5) is 2.29. The van der Waals surface area contributed by atoms with E-state index >= 15 is 0 Å². The van der Waals surface area contributed by atoms with Gasteiger partial charge in [-0.1, -0.05) is 18.2 Å². The van der Waals surface area contributed by atoms with Gasteiger partial charge < -0.3 is 10.6 Å². The quantitative estimate of drug-likeness (QED) is 0.894. The summed E-state index contributed by atoms with van der Waals surface area (Å²) in [7, 11) is 0. The van der Waals surface area contributed by atoms with Crippen LogP contribution in [0.15, 0.2) is 36.4 Å². The highest BCUT2D eigenvalue weighted by molar-refractivity contribution is 5.74. The molecule has 2 aromatic carbocycles. The van der Waals surface area contributed by atoms with E-state index < -0.39 is 0 Å². The second kappa shape index (κ2) is 5.15. The van der Waals surface area contributed by atoms with Gasteiger partial charge in [-0.25, -0.2) is 4.39 Å². The van der Waals surface area contributed by atoms with E-state index in [0.717, 1.165) is 17.7 Å². The van der Waals surface area contributed by atoms with Crippen molar-refractivity contribution in [3.63, 3.8) is 0 Å². The number of aryl methyl sites for hydroxylation is 1. The van der Waals surface area contributed by atoms with Gasteiger partial charge >= 0.3 is 0 Å². The van der Waals surface area contributed by atoms with Crippen molar-refractivity contribution in [2.75, 3.05) is 4.90 Å². The molecule has 0 radical (unpaired) electrons. The average molecular weight is 284 g/mol. The lowest BCUT2D eigenvalue weighted by Gasteiger charge is -2.29. The first-order valence-corrected chi connectivity index (χ1v) is 7.41. The van der Waals surface area contributed by atoms with Crippen LogP contribution in [0.1, 0.15) is 36.6 Å². The van der Waals surface area contributed by atoms with E-state index in [2.05, 4.69) is 30.0 Å². The van der Waals surface area contributed by atoms with Crippen molar-refractivity contribution in [2.45, 2.75) is 39.3 Å². The number of hydrogen-bond donors (Lipinski definition) is 1.